The van der Waals surface area contributed by atoms with E-state index in [1.54, 1.807) is 0 Å². The van der Waals surface area contributed by atoms with Gasteiger partial charge in [0.2, 0.25) is 0 Å². The Kier molecular flexibility index (Phi) is 8.21. The molecule has 0 aliphatic rings. The van der Waals surface area contributed by atoms with Gasteiger partial charge in [-0.1, -0.05) is 97.9 Å². The molecule has 3 nitrogen and oxygen atoms in total. The van der Waals surface area contributed by atoms with Crippen molar-refractivity contribution in [2.45, 2.75) is 25.5 Å². The van der Waals surface area contributed by atoms with Gasteiger partial charge in [-0.15, -0.1) is 0 Å². The number of aliphatic hydroxyl groups is 1. The van der Waals surface area contributed by atoms with E-state index in [1.807, 2.05) is 60.7 Å². The van der Waals surface area contributed by atoms with Crippen LogP contribution in [-0.2, 0) is 12.1 Å². The van der Waals surface area contributed by atoms with Crippen LogP contribution in [0.2, 0.25) is 0 Å². The molecule has 158 valence electrons. The molecule has 0 radical (unpaired) electrons. The van der Waals surface area contributed by atoms with E-state index in [0.29, 0.717) is 6.42 Å². The summed E-state index contributed by atoms with van der Waals surface area (Å²) in [6.07, 6.45) is 0.664. The van der Waals surface area contributed by atoms with Crippen molar-refractivity contribution >= 4 is 0 Å². The van der Waals surface area contributed by atoms with E-state index >= 15 is 0 Å². The second kappa shape index (κ2) is 11.1. The third-order valence-electron chi connectivity index (χ3n) is 5.83. The van der Waals surface area contributed by atoms with Gasteiger partial charge in [-0.3, -0.25) is 0 Å². The van der Waals surface area contributed by atoms with Crippen LogP contribution in [0.1, 0.15) is 30.0 Å². The second-order valence-corrected chi connectivity index (χ2v) is 8.00. The van der Waals surface area contributed by atoms with Crippen molar-refractivity contribution in [1.82, 2.24) is 9.80 Å². The van der Waals surface area contributed by atoms with E-state index in [-0.39, 0.29) is 0 Å². The average molecular weight is 403 g/mol. The first-order valence-corrected chi connectivity index (χ1v) is 10.9. The topological polar surface area (TPSA) is 26.7 Å². The summed E-state index contributed by atoms with van der Waals surface area (Å²) in [5.74, 6) is 0. The highest BCUT2D eigenvalue weighted by molar-refractivity contribution is 5.35. The lowest BCUT2D eigenvalue weighted by molar-refractivity contribution is 0.0568. The molecular formula is C27H34N2O. The zero-order valence-corrected chi connectivity index (χ0v) is 18.2. The van der Waals surface area contributed by atoms with Gasteiger partial charge in [0.15, 0.2) is 0 Å². The third kappa shape index (κ3) is 6.02. The molecule has 0 aromatic heterocycles. The number of benzene rings is 3. The monoisotopic (exact) mass is 402 g/mol. The van der Waals surface area contributed by atoms with Crippen molar-refractivity contribution in [2.75, 3.05) is 33.2 Å². The van der Waals surface area contributed by atoms with Crippen LogP contribution >= 0.6 is 0 Å². The maximum absolute atomic E-state index is 11.7. The summed E-state index contributed by atoms with van der Waals surface area (Å²) >= 11 is 0. The minimum atomic E-state index is -0.980. The molecule has 0 saturated carbocycles. The maximum Gasteiger partial charge on any atom is 0.116 e. The van der Waals surface area contributed by atoms with E-state index in [0.717, 1.165) is 43.9 Å². The van der Waals surface area contributed by atoms with Crippen molar-refractivity contribution in [3.8, 4) is 0 Å². The quantitative estimate of drug-likeness (QED) is 0.501. The summed E-state index contributed by atoms with van der Waals surface area (Å²) in [4.78, 5) is 4.79. The Balaban J connectivity index is 1.62. The minimum absolute atomic E-state index is 0.664. The summed E-state index contributed by atoms with van der Waals surface area (Å²) in [6.45, 7) is 6.95. The lowest BCUT2D eigenvalue weighted by Gasteiger charge is -2.32. The summed E-state index contributed by atoms with van der Waals surface area (Å²) in [7, 11) is 2.17. The maximum atomic E-state index is 11.7. The van der Waals surface area contributed by atoms with Gasteiger partial charge in [0, 0.05) is 26.2 Å². The van der Waals surface area contributed by atoms with E-state index in [1.165, 1.54) is 5.56 Å². The van der Waals surface area contributed by atoms with E-state index in [2.05, 4.69) is 54.1 Å². The Hall–Kier alpha value is -2.46. The van der Waals surface area contributed by atoms with Gasteiger partial charge in [0.05, 0.1) is 0 Å². The molecule has 30 heavy (non-hydrogen) atoms. The van der Waals surface area contributed by atoms with Crippen LogP contribution in [0.3, 0.4) is 0 Å². The van der Waals surface area contributed by atoms with Crippen molar-refractivity contribution in [2.24, 2.45) is 0 Å². The Bertz CT molecular complexity index is 812. The molecule has 0 saturated heterocycles. The van der Waals surface area contributed by atoms with Gasteiger partial charge in [-0.2, -0.15) is 0 Å². The minimum Gasteiger partial charge on any atom is -0.380 e. The lowest BCUT2D eigenvalue weighted by Crippen LogP contribution is -2.37. The van der Waals surface area contributed by atoms with Crippen LogP contribution in [-0.4, -0.2) is 48.1 Å². The molecule has 0 aliphatic heterocycles. The number of nitrogens with zero attached hydrogens (tertiary/aromatic N) is 2. The molecule has 0 heterocycles. The van der Waals surface area contributed by atoms with Crippen molar-refractivity contribution in [1.29, 1.82) is 0 Å². The van der Waals surface area contributed by atoms with Gasteiger partial charge in [0.25, 0.3) is 0 Å². The highest BCUT2D eigenvalue weighted by atomic mass is 16.3. The molecule has 0 amide bonds. The van der Waals surface area contributed by atoms with Crippen molar-refractivity contribution < 1.29 is 5.11 Å². The molecule has 3 rings (SSSR count). The molecule has 0 unspecified atom stereocenters. The molecule has 0 aliphatic carbocycles. The molecule has 3 aromatic rings. The molecule has 3 heteroatoms. The summed E-state index contributed by atoms with van der Waals surface area (Å²) < 4.78 is 0. The predicted molar refractivity (Wildman–Crippen MR) is 125 cm³/mol. The number of rotatable bonds is 11. The second-order valence-electron chi connectivity index (χ2n) is 8.00. The SMILES string of the molecule is CCN(CCN(C)Cc1ccccc1)CCC(O)(c1ccccc1)c1ccccc1. The zero-order valence-electron chi connectivity index (χ0n) is 18.2. The number of hydrogen-bond donors (Lipinski definition) is 1. The van der Waals surface area contributed by atoms with Crippen LogP contribution < -0.4 is 0 Å². The molecule has 0 fully saturated rings. The van der Waals surface area contributed by atoms with Crippen LogP contribution in [0.15, 0.2) is 91.0 Å². The summed E-state index contributed by atoms with van der Waals surface area (Å²) in [6, 6.07) is 30.7. The van der Waals surface area contributed by atoms with E-state index in [4.69, 9.17) is 0 Å². The first kappa shape index (κ1) is 22.2. The average Bonchev–Trinajstić information content (AvgIpc) is 2.81. The van der Waals surface area contributed by atoms with Gasteiger partial charge in [-0.05, 0) is 36.7 Å². The zero-order chi connectivity index (χ0) is 21.2. The Morgan fingerprint density at radius 3 is 1.70 bits per heavy atom. The number of hydrogen-bond acceptors (Lipinski definition) is 3. The highest BCUT2D eigenvalue weighted by Crippen LogP contribution is 2.33. The molecule has 1 N–H and O–H groups in total. The smallest absolute Gasteiger partial charge is 0.116 e. The molecule has 0 atom stereocenters. The fraction of sp³-hybridized carbons (Fsp3) is 0.333. The molecule has 3 aromatic carbocycles. The first-order valence-electron chi connectivity index (χ1n) is 10.9. The molecule has 0 spiro atoms. The Morgan fingerprint density at radius 1 is 0.700 bits per heavy atom. The van der Waals surface area contributed by atoms with Crippen LogP contribution in [0.5, 0.6) is 0 Å². The number of likely N-dealkylation sites (N-methyl/N-ethyl adjacent to an activating group) is 2. The van der Waals surface area contributed by atoms with E-state index < -0.39 is 5.60 Å². The lowest BCUT2D eigenvalue weighted by atomic mass is 9.83. The fourth-order valence-corrected chi connectivity index (χ4v) is 3.92. The Morgan fingerprint density at radius 2 is 1.20 bits per heavy atom. The third-order valence-corrected chi connectivity index (χ3v) is 5.83. The van der Waals surface area contributed by atoms with Gasteiger partial charge in [0.1, 0.15) is 5.60 Å². The van der Waals surface area contributed by atoms with Gasteiger partial charge >= 0.3 is 0 Å². The van der Waals surface area contributed by atoms with Crippen LogP contribution in [0, 0.1) is 0 Å². The highest BCUT2D eigenvalue weighted by Gasteiger charge is 2.31. The fourth-order valence-electron chi connectivity index (χ4n) is 3.92. The normalized spacial score (nSPS) is 11.9. The van der Waals surface area contributed by atoms with Crippen LogP contribution in [0.25, 0.3) is 0 Å². The summed E-state index contributed by atoms with van der Waals surface area (Å²) in [5, 5.41) is 11.7. The summed E-state index contributed by atoms with van der Waals surface area (Å²) in [5.41, 5.74) is 2.26. The standard InChI is InChI=1S/C27H34N2O/c1-3-29(22-21-28(2)23-24-13-7-4-8-14-24)20-19-27(30,25-15-9-5-10-16-25)26-17-11-6-12-18-26/h4-18,30H,3,19-23H2,1-2H3. The first-order chi connectivity index (χ1) is 14.6. The Labute approximate surface area is 181 Å². The molecule has 0 bridgehead atoms. The molecular weight excluding hydrogens is 368 g/mol. The van der Waals surface area contributed by atoms with Crippen molar-refractivity contribution in [3.05, 3.63) is 108 Å². The van der Waals surface area contributed by atoms with Crippen molar-refractivity contribution in [3.63, 3.8) is 0 Å². The largest absolute Gasteiger partial charge is 0.380 e. The van der Waals surface area contributed by atoms with Gasteiger partial charge < -0.3 is 14.9 Å². The van der Waals surface area contributed by atoms with Gasteiger partial charge in [-0.25, -0.2) is 0 Å². The van der Waals surface area contributed by atoms with Crippen LogP contribution in [0.4, 0.5) is 0 Å². The predicted octanol–water partition coefficient (Wildman–Crippen LogP) is 4.77. The van der Waals surface area contributed by atoms with E-state index in [9.17, 15) is 5.11 Å².